The molecule has 2 N–H and O–H groups in total. The highest BCUT2D eigenvalue weighted by atomic mass is 19.4. The first-order valence-electron chi connectivity index (χ1n) is 6.71. The summed E-state index contributed by atoms with van der Waals surface area (Å²) >= 11 is 0. The van der Waals surface area contributed by atoms with E-state index in [1.165, 1.54) is 0 Å². The normalized spacial score (nSPS) is 18.6. The van der Waals surface area contributed by atoms with Crippen LogP contribution in [0.5, 0.6) is 0 Å². The highest BCUT2D eigenvalue weighted by Gasteiger charge is 2.42. The number of nitrogens with zero attached hydrogens (tertiary/aromatic N) is 3. The Labute approximate surface area is 119 Å². The summed E-state index contributed by atoms with van der Waals surface area (Å²) in [6.45, 7) is 1.74. The summed E-state index contributed by atoms with van der Waals surface area (Å²) in [6, 6.07) is 5.27. The number of nitrogens with two attached hydrogens (primary N) is 1. The van der Waals surface area contributed by atoms with Crippen LogP contribution in [0.1, 0.15) is 17.8 Å². The van der Waals surface area contributed by atoms with Crippen molar-refractivity contribution >= 4 is 5.69 Å². The van der Waals surface area contributed by atoms with Gasteiger partial charge in [0.1, 0.15) is 5.82 Å². The van der Waals surface area contributed by atoms with Crippen molar-refractivity contribution < 1.29 is 13.2 Å². The van der Waals surface area contributed by atoms with E-state index in [0.717, 1.165) is 11.1 Å². The third-order valence-corrected chi connectivity index (χ3v) is 3.90. The molecule has 3 rings (SSSR count). The van der Waals surface area contributed by atoms with E-state index in [1.54, 1.807) is 22.8 Å². The number of nitrogen functional groups attached to an aromatic ring is 1. The zero-order chi connectivity index (χ0) is 15.2. The number of halogens is 3. The molecule has 0 saturated heterocycles. The van der Waals surface area contributed by atoms with E-state index in [1.807, 2.05) is 6.92 Å². The van der Waals surface area contributed by atoms with Crippen LogP contribution in [0.3, 0.4) is 0 Å². The zero-order valence-corrected chi connectivity index (χ0v) is 11.5. The summed E-state index contributed by atoms with van der Waals surface area (Å²) in [5, 5.41) is 8.11. The van der Waals surface area contributed by atoms with Crippen LogP contribution in [-0.4, -0.2) is 20.9 Å². The number of aromatic nitrogens is 3. The van der Waals surface area contributed by atoms with Gasteiger partial charge >= 0.3 is 6.18 Å². The van der Waals surface area contributed by atoms with Crippen LogP contribution in [0.15, 0.2) is 18.2 Å². The molecule has 0 radical (unpaired) electrons. The van der Waals surface area contributed by atoms with Gasteiger partial charge in [0.15, 0.2) is 5.82 Å². The van der Waals surface area contributed by atoms with E-state index >= 15 is 0 Å². The van der Waals surface area contributed by atoms with Gasteiger partial charge in [-0.05, 0) is 37.1 Å². The molecule has 1 atom stereocenters. The molecule has 112 valence electrons. The standard InChI is InChI=1S/C14H15F3N4/c1-8-6-10(18)3-4-11(8)13-20-19-12-5-2-9(7-21(12)13)14(15,16)17/h3-4,6,9H,2,5,7,18H2,1H3. The minimum atomic E-state index is -4.19. The first-order chi connectivity index (χ1) is 9.86. The van der Waals surface area contributed by atoms with E-state index in [4.69, 9.17) is 5.73 Å². The van der Waals surface area contributed by atoms with Crippen LogP contribution in [0.25, 0.3) is 11.4 Å². The summed E-state index contributed by atoms with van der Waals surface area (Å²) < 4.78 is 40.4. The van der Waals surface area contributed by atoms with E-state index < -0.39 is 12.1 Å². The monoisotopic (exact) mass is 296 g/mol. The maximum atomic E-state index is 12.9. The second-order valence-corrected chi connectivity index (χ2v) is 5.40. The third-order valence-electron chi connectivity index (χ3n) is 3.90. The number of fused-ring (bicyclic) bond motifs is 1. The van der Waals surface area contributed by atoms with Gasteiger partial charge in [0, 0.05) is 24.2 Å². The summed E-state index contributed by atoms with van der Waals surface area (Å²) in [7, 11) is 0. The largest absolute Gasteiger partial charge is 0.399 e. The van der Waals surface area contributed by atoms with Crippen molar-refractivity contribution in [3.63, 3.8) is 0 Å². The van der Waals surface area contributed by atoms with Gasteiger partial charge in [-0.15, -0.1) is 10.2 Å². The minimum Gasteiger partial charge on any atom is -0.399 e. The Hall–Kier alpha value is -2.05. The lowest BCUT2D eigenvalue weighted by Crippen LogP contribution is -2.32. The lowest BCUT2D eigenvalue weighted by atomic mass is 9.98. The van der Waals surface area contributed by atoms with Crippen molar-refractivity contribution in [2.24, 2.45) is 5.92 Å². The first kappa shape index (κ1) is 13.9. The van der Waals surface area contributed by atoms with E-state index in [2.05, 4.69) is 10.2 Å². The molecular formula is C14H15F3N4. The molecule has 0 saturated carbocycles. The fourth-order valence-corrected chi connectivity index (χ4v) is 2.73. The van der Waals surface area contributed by atoms with Crippen LogP contribution in [0.4, 0.5) is 18.9 Å². The van der Waals surface area contributed by atoms with Crippen molar-refractivity contribution in [1.82, 2.24) is 14.8 Å². The number of hydrogen-bond acceptors (Lipinski definition) is 3. The molecule has 0 amide bonds. The number of anilines is 1. The summed E-state index contributed by atoms with van der Waals surface area (Å²) in [6.07, 6.45) is -3.82. The van der Waals surface area contributed by atoms with Crippen LogP contribution >= 0.6 is 0 Å². The van der Waals surface area contributed by atoms with Gasteiger partial charge in [-0.25, -0.2) is 0 Å². The van der Waals surface area contributed by atoms with E-state index in [9.17, 15) is 13.2 Å². The number of aryl methyl sites for hydroxylation is 2. The van der Waals surface area contributed by atoms with Crippen molar-refractivity contribution in [2.75, 3.05) is 5.73 Å². The van der Waals surface area contributed by atoms with Gasteiger partial charge in [-0.1, -0.05) is 0 Å². The SMILES string of the molecule is Cc1cc(N)ccc1-c1nnc2n1CC(C(F)(F)F)CC2. The Balaban J connectivity index is 2.02. The quantitative estimate of drug-likeness (QED) is 0.823. The van der Waals surface area contributed by atoms with Crippen molar-refractivity contribution in [3.05, 3.63) is 29.6 Å². The fourth-order valence-electron chi connectivity index (χ4n) is 2.73. The molecule has 2 aromatic rings. The molecule has 2 heterocycles. The van der Waals surface area contributed by atoms with Gasteiger partial charge in [-0.2, -0.15) is 13.2 Å². The highest BCUT2D eigenvalue weighted by molar-refractivity contribution is 5.64. The van der Waals surface area contributed by atoms with Crippen molar-refractivity contribution in [1.29, 1.82) is 0 Å². The molecular weight excluding hydrogens is 281 g/mol. The molecule has 1 aliphatic heterocycles. The predicted octanol–water partition coefficient (Wildman–Crippen LogP) is 2.96. The number of rotatable bonds is 1. The van der Waals surface area contributed by atoms with Crippen LogP contribution < -0.4 is 5.73 Å². The highest BCUT2D eigenvalue weighted by Crippen LogP contribution is 2.36. The Morgan fingerprint density at radius 2 is 2.05 bits per heavy atom. The molecule has 0 spiro atoms. The van der Waals surface area contributed by atoms with Gasteiger partial charge in [0.05, 0.1) is 5.92 Å². The molecule has 1 unspecified atom stereocenters. The van der Waals surface area contributed by atoms with E-state index in [-0.39, 0.29) is 13.0 Å². The molecule has 0 bridgehead atoms. The van der Waals surface area contributed by atoms with E-state index in [0.29, 0.717) is 23.8 Å². The maximum absolute atomic E-state index is 12.9. The smallest absolute Gasteiger partial charge is 0.393 e. The minimum absolute atomic E-state index is 0.0718. The number of hydrogen-bond donors (Lipinski definition) is 1. The Bertz CT molecular complexity index is 675. The Morgan fingerprint density at radius 3 is 2.71 bits per heavy atom. The maximum Gasteiger partial charge on any atom is 0.393 e. The second-order valence-electron chi connectivity index (χ2n) is 5.40. The first-order valence-corrected chi connectivity index (χ1v) is 6.71. The average Bonchev–Trinajstić information content (AvgIpc) is 2.80. The molecule has 0 aliphatic carbocycles. The third kappa shape index (κ3) is 2.48. The summed E-state index contributed by atoms with van der Waals surface area (Å²) in [5.74, 6) is -0.244. The van der Waals surface area contributed by atoms with Gasteiger partial charge in [0.25, 0.3) is 0 Å². The molecule has 4 nitrogen and oxygen atoms in total. The average molecular weight is 296 g/mol. The van der Waals surface area contributed by atoms with Gasteiger partial charge in [0.2, 0.25) is 0 Å². The van der Waals surface area contributed by atoms with Crippen LogP contribution in [0.2, 0.25) is 0 Å². The lowest BCUT2D eigenvalue weighted by molar-refractivity contribution is -0.182. The van der Waals surface area contributed by atoms with Crippen molar-refractivity contribution in [3.8, 4) is 11.4 Å². The van der Waals surface area contributed by atoms with Gasteiger partial charge < -0.3 is 10.3 Å². The number of benzene rings is 1. The molecule has 1 aliphatic rings. The molecule has 21 heavy (non-hydrogen) atoms. The molecule has 0 fully saturated rings. The molecule has 1 aromatic carbocycles. The van der Waals surface area contributed by atoms with Crippen LogP contribution in [-0.2, 0) is 13.0 Å². The zero-order valence-electron chi connectivity index (χ0n) is 11.5. The predicted molar refractivity (Wildman–Crippen MR) is 72.5 cm³/mol. The Morgan fingerprint density at radius 1 is 1.29 bits per heavy atom. The fraction of sp³-hybridized carbons (Fsp3) is 0.429. The summed E-state index contributed by atoms with van der Waals surface area (Å²) in [5.41, 5.74) is 7.96. The topological polar surface area (TPSA) is 56.7 Å². The Kier molecular flexibility index (Phi) is 3.15. The lowest BCUT2D eigenvalue weighted by Gasteiger charge is -2.26. The van der Waals surface area contributed by atoms with Gasteiger partial charge in [-0.3, -0.25) is 0 Å². The summed E-state index contributed by atoms with van der Waals surface area (Å²) in [4.78, 5) is 0. The molecule has 7 heteroatoms. The second kappa shape index (κ2) is 4.75. The van der Waals surface area contributed by atoms with Crippen molar-refractivity contribution in [2.45, 2.75) is 32.5 Å². The number of alkyl halides is 3. The molecule has 1 aromatic heterocycles. The van der Waals surface area contributed by atoms with Crippen LogP contribution in [0, 0.1) is 12.8 Å².